The van der Waals surface area contributed by atoms with Gasteiger partial charge in [0.15, 0.2) is 0 Å². The number of nitrogens with two attached hydrogens (primary N) is 1. The number of aromatic nitrogens is 1. The maximum absolute atomic E-state index is 5.69. The molecule has 0 radical (unpaired) electrons. The van der Waals surface area contributed by atoms with Crippen LogP contribution in [-0.4, -0.2) is 4.98 Å². The highest BCUT2D eigenvalue weighted by atomic mass is 14.7. The molecule has 2 aromatic rings. The van der Waals surface area contributed by atoms with Crippen LogP contribution in [0.1, 0.15) is 25.3 Å². The van der Waals surface area contributed by atoms with Gasteiger partial charge in [-0.15, -0.1) is 0 Å². The zero-order valence-electron chi connectivity index (χ0n) is 8.49. The number of nitrogen functional groups attached to an aromatic ring is 1. The van der Waals surface area contributed by atoms with Crippen LogP contribution in [0.15, 0.2) is 30.5 Å². The second-order valence-electron chi connectivity index (χ2n) is 3.84. The first-order chi connectivity index (χ1) is 6.68. The first-order valence-electron chi connectivity index (χ1n) is 4.82. The molecule has 0 amide bonds. The molecular weight excluding hydrogens is 172 g/mol. The van der Waals surface area contributed by atoms with E-state index in [0.717, 1.165) is 16.6 Å². The molecule has 0 aliphatic rings. The fraction of sp³-hybridized carbons (Fsp3) is 0.250. The van der Waals surface area contributed by atoms with Crippen LogP contribution >= 0.6 is 0 Å². The summed E-state index contributed by atoms with van der Waals surface area (Å²) in [7, 11) is 0. The molecule has 0 fully saturated rings. The number of anilines is 1. The molecular formula is C12H14N2. The highest BCUT2D eigenvalue weighted by Crippen LogP contribution is 2.24. The summed E-state index contributed by atoms with van der Waals surface area (Å²) >= 11 is 0. The van der Waals surface area contributed by atoms with E-state index in [1.54, 1.807) is 6.20 Å². The number of nitrogens with zero attached hydrogens (tertiary/aromatic N) is 1. The van der Waals surface area contributed by atoms with Gasteiger partial charge in [0, 0.05) is 5.39 Å². The van der Waals surface area contributed by atoms with E-state index >= 15 is 0 Å². The maximum atomic E-state index is 5.69. The second kappa shape index (κ2) is 3.29. The van der Waals surface area contributed by atoms with E-state index in [2.05, 4.69) is 31.0 Å². The van der Waals surface area contributed by atoms with Crippen molar-refractivity contribution in [3.8, 4) is 0 Å². The number of hydrogen-bond donors (Lipinski definition) is 1. The van der Waals surface area contributed by atoms with Crippen LogP contribution in [0, 0.1) is 0 Å². The first kappa shape index (κ1) is 9.00. The Morgan fingerprint density at radius 3 is 2.79 bits per heavy atom. The lowest BCUT2D eigenvalue weighted by atomic mass is 10.00. The summed E-state index contributed by atoms with van der Waals surface area (Å²) in [5.74, 6) is 0.495. The van der Waals surface area contributed by atoms with Gasteiger partial charge < -0.3 is 5.73 Å². The van der Waals surface area contributed by atoms with Crippen LogP contribution < -0.4 is 5.73 Å². The Morgan fingerprint density at radius 2 is 2.07 bits per heavy atom. The monoisotopic (exact) mass is 186 g/mol. The standard InChI is InChI=1S/C12H14N2/c1-8(2)11-5-3-4-9-6-10(13)7-14-12(9)11/h3-8H,13H2,1-2H3. The third-order valence-corrected chi connectivity index (χ3v) is 2.39. The molecule has 1 aromatic heterocycles. The molecule has 72 valence electrons. The van der Waals surface area contributed by atoms with Crippen molar-refractivity contribution >= 4 is 16.6 Å². The Hall–Kier alpha value is -1.57. The Kier molecular flexibility index (Phi) is 2.12. The number of rotatable bonds is 1. The normalized spacial score (nSPS) is 11.1. The lowest BCUT2D eigenvalue weighted by molar-refractivity contribution is 0.873. The quantitative estimate of drug-likeness (QED) is 0.743. The van der Waals surface area contributed by atoms with Crippen LogP contribution in [0.5, 0.6) is 0 Å². The predicted molar refractivity (Wildman–Crippen MR) is 60.2 cm³/mol. The lowest BCUT2D eigenvalue weighted by Crippen LogP contribution is -1.93. The average Bonchev–Trinajstić information content (AvgIpc) is 2.16. The van der Waals surface area contributed by atoms with Gasteiger partial charge in [-0.2, -0.15) is 0 Å². The molecule has 2 rings (SSSR count). The SMILES string of the molecule is CC(C)c1cccc2cc(N)cnc12. The van der Waals surface area contributed by atoms with Crippen LogP contribution in [0.3, 0.4) is 0 Å². The van der Waals surface area contributed by atoms with Crippen LogP contribution in [0.2, 0.25) is 0 Å². The van der Waals surface area contributed by atoms with Gasteiger partial charge in [0.1, 0.15) is 0 Å². The fourth-order valence-corrected chi connectivity index (χ4v) is 1.67. The topological polar surface area (TPSA) is 38.9 Å². The third-order valence-electron chi connectivity index (χ3n) is 2.39. The Balaban J connectivity index is 2.75. The van der Waals surface area contributed by atoms with Crippen molar-refractivity contribution in [1.82, 2.24) is 4.98 Å². The van der Waals surface area contributed by atoms with Crippen LogP contribution in [-0.2, 0) is 0 Å². The molecule has 1 heterocycles. The smallest absolute Gasteiger partial charge is 0.0738 e. The van der Waals surface area contributed by atoms with Crippen molar-refractivity contribution < 1.29 is 0 Å². The summed E-state index contributed by atoms with van der Waals surface area (Å²) in [4.78, 5) is 4.38. The largest absolute Gasteiger partial charge is 0.397 e. The number of para-hydroxylation sites is 1. The fourth-order valence-electron chi connectivity index (χ4n) is 1.67. The summed E-state index contributed by atoms with van der Waals surface area (Å²) in [6, 6.07) is 8.19. The molecule has 0 spiro atoms. The van der Waals surface area contributed by atoms with Crippen molar-refractivity contribution in [3.63, 3.8) is 0 Å². The Bertz CT molecular complexity index is 461. The van der Waals surface area contributed by atoms with E-state index in [9.17, 15) is 0 Å². The van der Waals surface area contributed by atoms with Crippen molar-refractivity contribution in [2.24, 2.45) is 0 Å². The highest BCUT2D eigenvalue weighted by molar-refractivity contribution is 5.84. The molecule has 0 unspecified atom stereocenters. The van der Waals surface area contributed by atoms with Crippen molar-refractivity contribution in [1.29, 1.82) is 0 Å². The van der Waals surface area contributed by atoms with E-state index < -0.39 is 0 Å². The molecule has 1 aromatic carbocycles. The summed E-state index contributed by atoms with van der Waals surface area (Å²) in [6.45, 7) is 4.35. The first-order valence-corrected chi connectivity index (χ1v) is 4.82. The molecule has 14 heavy (non-hydrogen) atoms. The van der Waals surface area contributed by atoms with Crippen molar-refractivity contribution in [2.45, 2.75) is 19.8 Å². The molecule has 0 atom stereocenters. The van der Waals surface area contributed by atoms with E-state index in [4.69, 9.17) is 5.73 Å². The van der Waals surface area contributed by atoms with Gasteiger partial charge in [0.05, 0.1) is 17.4 Å². The average molecular weight is 186 g/mol. The zero-order valence-corrected chi connectivity index (χ0v) is 8.49. The second-order valence-corrected chi connectivity index (χ2v) is 3.84. The number of pyridine rings is 1. The maximum Gasteiger partial charge on any atom is 0.0738 e. The summed E-state index contributed by atoms with van der Waals surface area (Å²) in [6.07, 6.45) is 1.72. The zero-order chi connectivity index (χ0) is 10.1. The van der Waals surface area contributed by atoms with Gasteiger partial charge in [-0.05, 0) is 17.5 Å². The molecule has 0 saturated carbocycles. The van der Waals surface area contributed by atoms with Gasteiger partial charge in [-0.3, -0.25) is 4.98 Å². The minimum absolute atomic E-state index is 0.495. The summed E-state index contributed by atoms with van der Waals surface area (Å²) in [5.41, 5.74) is 8.75. The van der Waals surface area contributed by atoms with Gasteiger partial charge in [0.2, 0.25) is 0 Å². The molecule has 0 saturated heterocycles. The molecule has 2 nitrogen and oxygen atoms in total. The molecule has 0 aliphatic carbocycles. The molecule has 0 aliphatic heterocycles. The molecule has 2 N–H and O–H groups in total. The summed E-state index contributed by atoms with van der Waals surface area (Å²) < 4.78 is 0. The number of hydrogen-bond acceptors (Lipinski definition) is 2. The third kappa shape index (κ3) is 1.43. The van der Waals surface area contributed by atoms with Gasteiger partial charge >= 0.3 is 0 Å². The molecule has 0 bridgehead atoms. The van der Waals surface area contributed by atoms with Gasteiger partial charge in [-0.25, -0.2) is 0 Å². The minimum atomic E-state index is 0.495. The van der Waals surface area contributed by atoms with Crippen molar-refractivity contribution in [2.75, 3.05) is 5.73 Å². The highest BCUT2D eigenvalue weighted by Gasteiger charge is 2.05. The van der Waals surface area contributed by atoms with E-state index in [0.29, 0.717) is 5.92 Å². The van der Waals surface area contributed by atoms with E-state index in [1.165, 1.54) is 5.56 Å². The van der Waals surface area contributed by atoms with E-state index in [-0.39, 0.29) is 0 Å². The van der Waals surface area contributed by atoms with Gasteiger partial charge in [-0.1, -0.05) is 32.0 Å². The lowest BCUT2D eigenvalue weighted by Gasteiger charge is -2.08. The predicted octanol–water partition coefficient (Wildman–Crippen LogP) is 2.94. The number of benzene rings is 1. The Labute approximate surface area is 83.8 Å². The van der Waals surface area contributed by atoms with Crippen LogP contribution in [0.4, 0.5) is 5.69 Å². The minimum Gasteiger partial charge on any atom is -0.397 e. The summed E-state index contributed by atoms with van der Waals surface area (Å²) in [5, 5.41) is 1.12. The Morgan fingerprint density at radius 1 is 1.29 bits per heavy atom. The molecule has 2 heteroatoms. The van der Waals surface area contributed by atoms with E-state index in [1.807, 2.05) is 12.1 Å². The van der Waals surface area contributed by atoms with Crippen molar-refractivity contribution in [3.05, 3.63) is 36.0 Å². The van der Waals surface area contributed by atoms with Crippen LogP contribution in [0.25, 0.3) is 10.9 Å². The number of fused-ring (bicyclic) bond motifs is 1. The van der Waals surface area contributed by atoms with Gasteiger partial charge in [0.25, 0.3) is 0 Å².